The Labute approximate surface area is 184 Å². The van der Waals surface area contributed by atoms with Gasteiger partial charge in [0.1, 0.15) is 5.69 Å². The van der Waals surface area contributed by atoms with E-state index in [4.69, 9.17) is 4.74 Å². The Morgan fingerprint density at radius 1 is 1.06 bits per heavy atom. The molecule has 0 radical (unpaired) electrons. The van der Waals surface area contributed by atoms with Crippen LogP contribution in [0.4, 0.5) is 5.69 Å². The number of carbonyl (C=O) groups is 2. The van der Waals surface area contributed by atoms with Gasteiger partial charge < -0.3 is 14.6 Å². The molecule has 162 valence electrons. The standard InChI is InChI=1S/C26H30N2O3/c1-7-31-26(30)24-17(4)23(18(5)27-24)19-11-13-20(14-12-19)25(29)28(6)22-10-8-9-21(15-22)16(2)3/h8-16,27H,7H2,1-6H3. The van der Waals surface area contributed by atoms with Crippen LogP contribution in [0.2, 0.25) is 0 Å². The highest BCUT2D eigenvalue weighted by Gasteiger charge is 2.20. The zero-order valence-corrected chi connectivity index (χ0v) is 19.1. The molecule has 0 aliphatic heterocycles. The number of nitrogens with one attached hydrogen (secondary N) is 1. The number of carbonyl (C=O) groups excluding carboxylic acids is 2. The maximum absolute atomic E-state index is 13.0. The summed E-state index contributed by atoms with van der Waals surface area (Å²) in [5.41, 5.74) is 6.79. The van der Waals surface area contributed by atoms with Gasteiger partial charge in [0, 0.05) is 29.6 Å². The molecule has 0 saturated heterocycles. The Kier molecular flexibility index (Phi) is 6.64. The van der Waals surface area contributed by atoms with Crippen LogP contribution in [0, 0.1) is 13.8 Å². The molecule has 0 saturated carbocycles. The van der Waals surface area contributed by atoms with Gasteiger partial charge in [-0.3, -0.25) is 4.79 Å². The van der Waals surface area contributed by atoms with Crippen molar-refractivity contribution >= 4 is 17.6 Å². The fourth-order valence-electron chi connectivity index (χ4n) is 3.77. The lowest BCUT2D eigenvalue weighted by Crippen LogP contribution is -2.26. The SMILES string of the molecule is CCOC(=O)c1[nH]c(C)c(-c2ccc(C(=O)N(C)c3cccc(C(C)C)c3)cc2)c1C. The second-order valence-corrected chi connectivity index (χ2v) is 8.04. The maximum Gasteiger partial charge on any atom is 0.355 e. The summed E-state index contributed by atoms with van der Waals surface area (Å²) in [7, 11) is 1.79. The van der Waals surface area contributed by atoms with Crippen molar-refractivity contribution in [2.24, 2.45) is 0 Å². The molecule has 0 spiro atoms. The molecule has 1 aromatic heterocycles. The van der Waals surface area contributed by atoms with Crippen LogP contribution in [0.1, 0.15) is 64.4 Å². The smallest absolute Gasteiger partial charge is 0.355 e. The van der Waals surface area contributed by atoms with E-state index in [1.165, 1.54) is 5.56 Å². The highest BCUT2D eigenvalue weighted by Crippen LogP contribution is 2.30. The van der Waals surface area contributed by atoms with Crippen molar-refractivity contribution in [2.45, 2.75) is 40.5 Å². The Morgan fingerprint density at radius 3 is 2.35 bits per heavy atom. The summed E-state index contributed by atoms with van der Waals surface area (Å²) in [5.74, 6) is -0.0244. The van der Waals surface area contributed by atoms with Crippen LogP contribution < -0.4 is 4.90 Å². The minimum atomic E-state index is -0.355. The van der Waals surface area contributed by atoms with E-state index in [2.05, 4.69) is 31.0 Å². The Bertz CT molecular complexity index is 1090. The monoisotopic (exact) mass is 418 g/mol. The maximum atomic E-state index is 13.0. The lowest BCUT2D eigenvalue weighted by Gasteiger charge is -2.19. The first kappa shape index (κ1) is 22.3. The Balaban J connectivity index is 1.86. The zero-order chi connectivity index (χ0) is 22.7. The fourth-order valence-corrected chi connectivity index (χ4v) is 3.77. The van der Waals surface area contributed by atoms with Crippen LogP contribution in [-0.4, -0.2) is 30.5 Å². The average molecular weight is 419 g/mol. The minimum absolute atomic E-state index is 0.0674. The molecule has 0 unspecified atom stereocenters. The molecule has 1 heterocycles. The molecule has 0 aliphatic carbocycles. The van der Waals surface area contributed by atoms with Crippen molar-refractivity contribution in [2.75, 3.05) is 18.6 Å². The number of hydrogen-bond donors (Lipinski definition) is 1. The number of aryl methyl sites for hydroxylation is 1. The van der Waals surface area contributed by atoms with Crippen LogP contribution in [0.5, 0.6) is 0 Å². The Morgan fingerprint density at radius 2 is 1.74 bits per heavy atom. The van der Waals surface area contributed by atoms with Gasteiger partial charge in [-0.2, -0.15) is 0 Å². The summed E-state index contributed by atoms with van der Waals surface area (Å²) in [6.45, 7) is 10.2. The van der Waals surface area contributed by atoms with Crippen molar-refractivity contribution in [3.8, 4) is 11.1 Å². The van der Waals surface area contributed by atoms with Gasteiger partial charge in [0.05, 0.1) is 6.61 Å². The van der Waals surface area contributed by atoms with E-state index in [0.717, 1.165) is 28.1 Å². The predicted octanol–water partition coefficient (Wildman–Crippen LogP) is 5.88. The number of aromatic nitrogens is 1. The first-order valence-corrected chi connectivity index (χ1v) is 10.6. The van der Waals surface area contributed by atoms with E-state index in [9.17, 15) is 9.59 Å². The number of benzene rings is 2. The number of anilines is 1. The first-order valence-electron chi connectivity index (χ1n) is 10.6. The van der Waals surface area contributed by atoms with Crippen LogP contribution in [-0.2, 0) is 4.74 Å². The number of H-pyrrole nitrogens is 1. The molecule has 3 rings (SSSR count). The molecule has 31 heavy (non-hydrogen) atoms. The van der Waals surface area contributed by atoms with E-state index in [-0.39, 0.29) is 11.9 Å². The summed E-state index contributed by atoms with van der Waals surface area (Å²) in [6, 6.07) is 15.6. The molecule has 0 aliphatic rings. The summed E-state index contributed by atoms with van der Waals surface area (Å²) in [5, 5.41) is 0. The van der Waals surface area contributed by atoms with E-state index in [0.29, 0.717) is 23.8 Å². The summed E-state index contributed by atoms with van der Waals surface area (Å²) >= 11 is 0. The minimum Gasteiger partial charge on any atom is -0.461 e. The van der Waals surface area contributed by atoms with Gasteiger partial charge in [-0.15, -0.1) is 0 Å². The summed E-state index contributed by atoms with van der Waals surface area (Å²) in [4.78, 5) is 30.0. The molecule has 2 aromatic carbocycles. The molecule has 0 bridgehead atoms. The third-order valence-electron chi connectivity index (χ3n) is 5.57. The van der Waals surface area contributed by atoms with E-state index in [1.807, 2.05) is 50.2 Å². The number of aromatic amines is 1. The molecule has 5 heteroatoms. The summed E-state index contributed by atoms with van der Waals surface area (Å²) in [6.07, 6.45) is 0. The summed E-state index contributed by atoms with van der Waals surface area (Å²) < 4.78 is 5.13. The highest BCUT2D eigenvalue weighted by molar-refractivity contribution is 6.06. The third kappa shape index (κ3) is 4.55. The molecule has 3 aromatic rings. The fraction of sp³-hybridized carbons (Fsp3) is 0.308. The quantitative estimate of drug-likeness (QED) is 0.509. The molecule has 0 atom stereocenters. The van der Waals surface area contributed by atoms with Gasteiger partial charge in [0.15, 0.2) is 0 Å². The molecule has 5 nitrogen and oxygen atoms in total. The van der Waals surface area contributed by atoms with Gasteiger partial charge >= 0.3 is 5.97 Å². The molecule has 0 fully saturated rings. The first-order chi connectivity index (χ1) is 14.7. The van der Waals surface area contributed by atoms with E-state index < -0.39 is 0 Å². The number of esters is 1. The second kappa shape index (κ2) is 9.21. The number of ether oxygens (including phenoxy) is 1. The van der Waals surface area contributed by atoms with Crippen molar-refractivity contribution in [1.29, 1.82) is 0 Å². The van der Waals surface area contributed by atoms with Gasteiger partial charge in [-0.1, -0.05) is 38.1 Å². The topological polar surface area (TPSA) is 62.4 Å². The lowest BCUT2D eigenvalue weighted by atomic mass is 9.99. The number of nitrogens with zero attached hydrogens (tertiary/aromatic N) is 1. The molecule has 1 N–H and O–H groups in total. The number of hydrogen-bond acceptors (Lipinski definition) is 3. The van der Waals surface area contributed by atoms with Gasteiger partial charge in [-0.05, 0) is 67.6 Å². The lowest BCUT2D eigenvalue weighted by molar-refractivity contribution is 0.0519. The largest absolute Gasteiger partial charge is 0.461 e. The average Bonchev–Trinajstić information content (AvgIpc) is 3.07. The van der Waals surface area contributed by atoms with Gasteiger partial charge in [0.2, 0.25) is 0 Å². The number of rotatable bonds is 6. The molecular weight excluding hydrogens is 388 g/mol. The second-order valence-electron chi connectivity index (χ2n) is 8.04. The van der Waals surface area contributed by atoms with E-state index >= 15 is 0 Å². The van der Waals surface area contributed by atoms with Crippen LogP contribution in [0.3, 0.4) is 0 Å². The Hall–Kier alpha value is -3.34. The normalized spacial score (nSPS) is 10.9. The zero-order valence-electron chi connectivity index (χ0n) is 19.1. The van der Waals surface area contributed by atoms with Crippen molar-refractivity contribution in [3.63, 3.8) is 0 Å². The third-order valence-corrected chi connectivity index (χ3v) is 5.57. The molecule has 1 amide bonds. The van der Waals surface area contributed by atoms with Crippen LogP contribution >= 0.6 is 0 Å². The van der Waals surface area contributed by atoms with Crippen molar-refractivity contribution < 1.29 is 14.3 Å². The highest BCUT2D eigenvalue weighted by atomic mass is 16.5. The van der Waals surface area contributed by atoms with Gasteiger partial charge in [0.25, 0.3) is 5.91 Å². The van der Waals surface area contributed by atoms with E-state index in [1.54, 1.807) is 18.9 Å². The van der Waals surface area contributed by atoms with Crippen molar-refractivity contribution in [3.05, 3.63) is 76.6 Å². The van der Waals surface area contributed by atoms with Crippen LogP contribution in [0.15, 0.2) is 48.5 Å². The number of amides is 1. The van der Waals surface area contributed by atoms with Crippen LogP contribution in [0.25, 0.3) is 11.1 Å². The predicted molar refractivity (Wildman–Crippen MR) is 125 cm³/mol. The molecular formula is C26H30N2O3. The van der Waals surface area contributed by atoms with Crippen molar-refractivity contribution in [1.82, 2.24) is 4.98 Å². The van der Waals surface area contributed by atoms with Gasteiger partial charge in [-0.25, -0.2) is 4.79 Å².